The van der Waals surface area contributed by atoms with Gasteiger partial charge in [-0.2, -0.15) is 5.26 Å². The molecule has 0 bridgehead atoms. The first-order chi connectivity index (χ1) is 12.8. The van der Waals surface area contributed by atoms with Crippen molar-refractivity contribution in [1.29, 1.82) is 5.26 Å². The van der Waals surface area contributed by atoms with Crippen LogP contribution in [0.15, 0.2) is 24.4 Å². The van der Waals surface area contributed by atoms with E-state index in [4.69, 9.17) is 9.72 Å². The van der Waals surface area contributed by atoms with E-state index in [1.54, 1.807) is 0 Å². The van der Waals surface area contributed by atoms with E-state index in [-0.39, 0.29) is 0 Å². The van der Waals surface area contributed by atoms with Crippen molar-refractivity contribution in [2.45, 2.75) is 32.2 Å². The SMILES string of the molecule is N#Cc1cc2c(nc1NCc1cccnc1N1CCOCC1)CCCC2. The minimum atomic E-state index is 0.598. The quantitative estimate of drug-likeness (QED) is 0.915. The van der Waals surface area contributed by atoms with Crippen molar-refractivity contribution in [1.82, 2.24) is 9.97 Å². The maximum atomic E-state index is 9.51. The van der Waals surface area contributed by atoms with Crippen LogP contribution in [-0.4, -0.2) is 36.3 Å². The number of hydrogen-bond acceptors (Lipinski definition) is 6. The summed E-state index contributed by atoms with van der Waals surface area (Å²) in [5, 5.41) is 12.9. The normalized spacial score (nSPS) is 16.7. The Morgan fingerprint density at radius 2 is 2.08 bits per heavy atom. The topological polar surface area (TPSA) is 74.1 Å². The Kier molecular flexibility index (Phi) is 4.98. The van der Waals surface area contributed by atoms with E-state index >= 15 is 0 Å². The zero-order chi connectivity index (χ0) is 17.8. The first-order valence-corrected chi connectivity index (χ1v) is 9.28. The van der Waals surface area contributed by atoms with E-state index < -0.39 is 0 Å². The van der Waals surface area contributed by atoms with Gasteiger partial charge in [-0.3, -0.25) is 0 Å². The summed E-state index contributed by atoms with van der Waals surface area (Å²) in [7, 11) is 0. The summed E-state index contributed by atoms with van der Waals surface area (Å²) in [5.74, 6) is 1.67. The number of fused-ring (bicyclic) bond motifs is 1. The van der Waals surface area contributed by atoms with Crippen LogP contribution in [-0.2, 0) is 24.1 Å². The lowest BCUT2D eigenvalue weighted by Crippen LogP contribution is -2.37. The predicted octanol–water partition coefficient (Wildman–Crippen LogP) is 2.68. The van der Waals surface area contributed by atoms with E-state index in [9.17, 15) is 5.26 Å². The number of anilines is 2. The molecular weight excluding hydrogens is 326 g/mol. The van der Waals surface area contributed by atoms with Crippen LogP contribution in [0, 0.1) is 11.3 Å². The molecule has 1 saturated heterocycles. The molecular formula is C20H23N5O. The van der Waals surface area contributed by atoms with Crippen molar-refractivity contribution >= 4 is 11.6 Å². The molecule has 1 aliphatic carbocycles. The van der Waals surface area contributed by atoms with E-state index in [1.165, 1.54) is 18.4 Å². The van der Waals surface area contributed by atoms with Gasteiger partial charge in [0.05, 0.1) is 18.8 Å². The zero-order valence-corrected chi connectivity index (χ0v) is 14.9. The number of hydrogen-bond donors (Lipinski definition) is 1. The third-order valence-electron chi connectivity index (χ3n) is 5.05. The second-order valence-corrected chi connectivity index (χ2v) is 6.75. The van der Waals surface area contributed by atoms with Crippen molar-refractivity contribution in [2.24, 2.45) is 0 Å². The molecule has 0 saturated carbocycles. The van der Waals surface area contributed by atoms with Crippen molar-refractivity contribution in [2.75, 3.05) is 36.5 Å². The molecule has 1 N–H and O–H groups in total. The van der Waals surface area contributed by atoms with Crippen LogP contribution in [0.4, 0.5) is 11.6 Å². The molecule has 0 amide bonds. The molecule has 0 radical (unpaired) electrons. The Bertz CT molecular complexity index is 823. The summed E-state index contributed by atoms with van der Waals surface area (Å²) in [6.07, 6.45) is 6.22. The molecule has 1 aliphatic heterocycles. The van der Waals surface area contributed by atoms with Gasteiger partial charge in [-0.25, -0.2) is 9.97 Å². The van der Waals surface area contributed by atoms with Crippen molar-refractivity contribution in [3.8, 4) is 6.07 Å². The van der Waals surface area contributed by atoms with E-state index in [1.807, 2.05) is 18.3 Å². The molecule has 0 aromatic carbocycles. The molecule has 134 valence electrons. The smallest absolute Gasteiger partial charge is 0.144 e. The maximum Gasteiger partial charge on any atom is 0.144 e. The highest BCUT2D eigenvalue weighted by Gasteiger charge is 2.18. The second-order valence-electron chi connectivity index (χ2n) is 6.75. The lowest BCUT2D eigenvalue weighted by molar-refractivity contribution is 0.122. The third-order valence-corrected chi connectivity index (χ3v) is 5.05. The number of nitriles is 1. The number of ether oxygens (including phenoxy) is 1. The van der Waals surface area contributed by atoms with Gasteiger partial charge in [0, 0.05) is 37.1 Å². The fourth-order valence-corrected chi connectivity index (χ4v) is 3.66. The molecule has 2 aromatic rings. The minimum Gasteiger partial charge on any atom is -0.378 e. The Morgan fingerprint density at radius 3 is 2.92 bits per heavy atom. The van der Waals surface area contributed by atoms with E-state index in [0.717, 1.165) is 56.2 Å². The highest BCUT2D eigenvalue weighted by Crippen LogP contribution is 2.25. The van der Waals surface area contributed by atoms with Gasteiger partial charge in [0.2, 0.25) is 0 Å². The van der Waals surface area contributed by atoms with E-state index in [0.29, 0.717) is 17.9 Å². The van der Waals surface area contributed by atoms with Crippen LogP contribution in [0.2, 0.25) is 0 Å². The summed E-state index contributed by atoms with van der Waals surface area (Å²) in [5.41, 5.74) is 4.10. The van der Waals surface area contributed by atoms with Gasteiger partial charge in [0.1, 0.15) is 17.7 Å². The van der Waals surface area contributed by atoms with Crippen molar-refractivity contribution in [3.05, 3.63) is 46.8 Å². The van der Waals surface area contributed by atoms with Crippen LogP contribution < -0.4 is 10.2 Å². The summed E-state index contributed by atoms with van der Waals surface area (Å²) < 4.78 is 5.44. The average molecular weight is 349 g/mol. The molecule has 2 aromatic heterocycles. The van der Waals surface area contributed by atoms with Gasteiger partial charge in [-0.05, 0) is 43.4 Å². The van der Waals surface area contributed by atoms with Crippen LogP contribution in [0.1, 0.15) is 35.2 Å². The fourth-order valence-electron chi connectivity index (χ4n) is 3.66. The van der Waals surface area contributed by atoms with Gasteiger partial charge < -0.3 is 15.0 Å². The lowest BCUT2D eigenvalue weighted by Gasteiger charge is -2.29. The van der Waals surface area contributed by atoms with Crippen LogP contribution >= 0.6 is 0 Å². The molecule has 0 atom stereocenters. The molecule has 4 rings (SSSR count). The Labute approximate surface area is 153 Å². The lowest BCUT2D eigenvalue weighted by atomic mass is 9.95. The molecule has 6 heteroatoms. The number of nitrogens with one attached hydrogen (secondary N) is 1. The van der Waals surface area contributed by atoms with Crippen LogP contribution in [0.25, 0.3) is 0 Å². The number of aryl methyl sites for hydroxylation is 2. The fraction of sp³-hybridized carbons (Fsp3) is 0.450. The first kappa shape index (κ1) is 16.8. The Hall–Kier alpha value is -2.65. The van der Waals surface area contributed by atoms with Crippen LogP contribution in [0.3, 0.4) is 0 Å². The van der Waals surface area contributed by atoms with E-state index in [2.05, 4.69) is 27.3 Å². The monoisotopic (exact) mass is 349 g/mol. The van der Waals surface area contributed by atoms with Crippen LogP contribution in [0.5, 0.6) is 0 Å². The molecule has 6 nitrogen and oxygen atoms in total. The summed E-state index contributed by atoms with van der Waals surface area (Å²) in [4.78, 5) is 11.6. The average Bonchev–Trinajstić information content (AvgIpc) is 2.72. The number of rotatable bonds is 4. The number of morpholine rings is 1. The standard InChI is InChI=1S/C20H23N5O/c21-13-17-12-15-4-1-2-6-18(15)24-19(17)23-14-16-5-3-7-22-20(16)25-8-10-26-11-9-25/h3,5,7,12H,1-2,4,6,8-11,14H2,(H,23,24). The predicted molar refractivity (Wildman–Crippen MR) is 100 cm³/mol. The maximum absolute atomic E-state index is 9.51. The summed E-state index contributed by atoms with van der Waals surface area (Å²) in [6, 6.07) is 8.33. The van der Waals surface area contributed by atoms with Gasteiger partial charge in [0.25, 0.3) is 0 Å². The summed E-state index contributed by atoms with van der Waals surface area (Å²) >= 11 is 0. The highest BCUT2D eigenvalue weighted by atomic mass is 16.5. The van der Waals surface area contributed by atoms with Gasteiger partial charge >= 0.3 is 0 Å². The molecule has 0 spiro atoms. The summed E-state index contributed by atoms with van der Waals surface area (Å²) in [6.45, 7) is 3.76. The molecule has 3 heterocycles. The van der Waals surface area contributed by atoms with Crippen molar-refractivity contribution < 1.29 is 4.74 Å². The largest absolute Gasteiger partial charge is 0.378 e. The Balaban J connectivity index is 1.55. The van der Waals surface area contributed by atoms with Gasteiger partial charge in [0.15, 0.2) is 0 Å². The minimum absolute atomic E-state index is 0.598. The number of aromatic nitrogens is 2. The van der Waals surface area contributed by atoms with Gasteiger partial charge in [-0.1, -0.05) is 6.07 Å². The molecule has 1 fully saturated rings. The zero-order valence-electron chi connectivity index (χ0n) is 14.9. The highest BCUT2D eigenvalue weighted by molar-refractivity contribution is 5.56. The Morgan fingerprint density at radius 1 is 1.23 bits per heavy atom. The first-order valence-electron chi connectivity index (χ1n) is 9.28. The van der Waals surface area contributed by atoms with Gasteiger partial charge in [-0.15, -0.1) is 0 Å². The molecule has 0 unspecified atom stereocenters. The molecule has 2 aliphatic rings. The molecule has 26 heavy (non-hydrogen) atoms. The second kappa shape index (κ2) is 7.71. The third kappa shape index (κ3) is 3.49. The number of pyridine rings is 2. The number of nitrogens with zero attached hydrogens (tertiary/aromatic N) is 4. The van der Waals surface area contributed by atoms with Crippen molar-refractivity contribution in [3.63, 3.8) is 0 Å².